The lowest BCUT2D eigenvalue weighted by Crippen LogP contribution is -2.39. The fourth-order valence-corrected chi connectivity index (χ4v) is 3.26. The van der Waals surface area contributed by atoms with Gasteiger partial charge in [-0.2, -0.15) is 5.26 Å². The molecule has 2 aromatic rings. The molecule has 0 bridgehead atoms. The van der Waals surface area contributed by atoms with E-state index in [9.17, 15) is 10.1 Å². The molecule has 3 nitrogen and oxygen atoms in total. The Morgan fingerprint density at radius 2 is 1.83 bits per heavy atom. The van der Waals surface area contributed by atoms with E-state index in [0.29, 0.717) is 17.0 Å². The molecule has 2 aromatic carbocycles. The molecule has 23 heavy (non-hydrogen) atoms. The summed E-state index contributed by atoms with van der Waals surface area (Å²) < 4.78 is 0. The van der Waals surface area contributed by atoms with Crippen molar-refractivity contribution in [3.8, 4) is 17.2 Å². The van der Waals surface area contributed by atoms with Crippen LogP contribution in [0.3, 0.4) is 0 Å². The Balaban J connectivity index is 2.01. The van der Waals surface area contributed by atoms with Gasteiger partial charge < -0.3 is 4.90 Å². The smallest absolute Gasteiger partial charge is 0.254 e. The molecule has 0 aromatic heterocycles. The summed E-state index contributed by atoms with van der Waals surface area (Å²) in [6.07, 6.45) is 2.24. The average Bonchev–Trinajstić information content (AvgIpc) is 2.61. The fourth-order valence-electron chi connectivity index (χ4n) is 3.26. The van der Waals surface area contributed by atoms with Gasteiger partial charge in [0.1, 0.15) is 0 Å². The Hall–Kier alpha value is -2.60. The average molecular weight is 304 g/mol. The van der Waals surface area contributed by atoms with E-state index in [1.165, 1.54) is 6.42 Å². The molecular formula is C20H20N2O. The number of carbonyl (C=O) groups excluding carboxylic acids is 1. The van der Waals surface area contributed by atoms with Crippen molar-refractivity contribution in [2.45, 2.75) is 19.8 Å². The van der Waals surface area contributed by atoms with Gasteiger partial charge in [-0.3, -0.25) is 4.79 Å². The highest BCUT2D eigenvalue weighted by Crippen LogP contribution is 2.28. The maximum atomic E-state index is 13.0. The molecule has 1 aliphatic heterocycles. The van der Waals surface area contributed by atoms with Crippen LogP contribution in [0.5, 0.6) is 0 Å². The highest BCUT2D eigenvalue weighted by Gasteiger charge is 2.24. The van der Waals surface area contributed by atoms with Gasteiger partial charge in [0, 0.05) is 24.2 Å². The molecule has 0 saturated carbocycles. The Kier molecular flexibility index (Phi) is 4.43. The van der Waals surface area contributed by atoms with E-state index < -0.39 is 0 Å². The van der Waals surface area contributed by atoms with E-state index in [1.807, 2.05) is 47.4 Å². The van der Waals surface area contributed by atoms with Crippen LogP contribution in [0.15, 0.2) is 48.5 Å². The van der Waals surface area contributed by atoms with E-state index >= 15 is 0 Å². The first-order valence-electron chi connectivity index (χ1n) is 8.08. The summed E-state index contributed by atoms with van der Waals surface area (Å²) in [6.45, 7) is 3.82. The summed E-state index contributed by atoms with van der Waals surface area (Å²) in [7, 11) is 0. The van der Waals surface area contributed by atoms with Crippen molar-refractivity contribution >= 4 is 5.91 Å². The lowest BCUT2D eigenvalue weighted by atomic mass is 9.94. The molecule has 1 unspecified atom stereocenters. The predicted molar refractivity (Wildman–Crippen MR) is 90.9 cm³/mol. The number of rotatable bonds is 2. The van der Waals surface area contributed by atoms with Crippen LogP contribution < -0.4 is 0 Å². The van der Waals surface area contributed by atoms with Crippen LogP contribution >= 0.6 is 0 Å². The summed E-state index contributed by atoms with van der Waals surface area (Å²) in [5, 5.41) is 9.35. The molecule has 0 aliphatic carbocycles. The first-order valence-corrected chi connectivity index (χ1v) is 8.08. The third-order valence-electron chi connectivity index (χ3n) is 4.44. The molecule has 1 heterocycles. The number of hydrogen-bond acceptors (Lipinski definition) is 2. The van der Waals surface area contributed by atoms with Gasteiger partial charge >= 0.3 is 0 Å². The summed E-state index contributed by atoms with van der Waals surface area (Å²) in [6, 6.07) is 17.3. The van der Waals surface area contributed by atoms with E-state index in [0.717, 1.165) is 30.6 Å². The van der Waals surface area contributed by atoms with Gasteiger partial charge in [-0.1, -0.05) is 43.3 Å². The minimum absolute atomic E-state index is 0.0693. The fraction of sp³-hybridized carbons (Fsp3) is 0.300. The number of likely N-dealkylation sites (tertiary alicyclic amines) is 1. The van der Waals surface area contributed by atoms with E-state index in [-0.39, 0.29) is 5.91 Å². The third-order valence-corrected chi connectivity index (χ3v) is 4.44. The first-order chi connectivity index (χ1) is 11.2. The van der Waals surface area contributed by atoms with E-state index in [2.05, 4.69) is 13.0 Å². The highest BCUT2D eigenvalue weighted by atomic mass is 16.2. The molecule has 0 N–H and O–H groups in total. The minimum Gasteiger partial charge on any atom is -0.338 e. The Bertz CT molecular complexity index is 760. The normalized spacial score (nSPS) is 17.6. The molecule has 0 radical (unpaired) electrons. The monoisotopic (exact) mass is 304 g/mol. The Labute approximate surface area is 137 Å². The Morgan fingerprint density at radius 3 is 2.57 bits per heavy atom. The van der Waals surface area contributed by atoms with Gasteiger partial charge in [0.15, 0.2) is 0 Å². The van der Waals surface area contributed by atoms with Crippen molar-refractivity contribution in [1.82, 2.24) is 4.90 Å². The van der Waals surface area contributed by atoms with Crippen LogP contribution in [0.2, 0.25) is 0 Å². The topological polar surface area (TPSA) is 44.1 Å². The van der Waals surface area contributed by atoms with Gasteiger partial charge in [-0.25, -0.2) is 0 Å². The molecule has 3 rings (SSSR count). The van der Waals surface area contributed by atoms with Crippen molar-refractivity contribution in [1.29, 1.82) is 5.26 Å². The van der Waals surface area contributed by atoms with E-state index in [4.69, 9.17) is 0 Å². The lowest BCUT2D eigenvalue weighted by Gasteiger charge is -2.31. The number of hydrogen-bond donors (Lipinski definition) is 0. The summed E-state index contributed by atoms with van der Waals surface area (Å²) in [4.78, 5) is 14.9. The number of amides is 1. The second-order valence-electron chi connectivity index (χ2n) is 6.20. The van der Waals surface area contributed by atoms with Crippen LogP contribution in [0.25, 0.3) is 11.1 Å². The van der Waals surface area contributed by atoms with Crippen LogP contribution in [0, 0.1) is 17.2 Å². The van der Waals surface area contributed by atoms with Crippen molar-refractivity contribution < 1.29 is 4.79 Å². The second kappa shape index (κ2) is 6.66. The Morgan fingerprint density at radius 1 is 1.13 bits per heavy atom. The van der Waals surface area contributed by atoms with Gasteiger partial charge in [-0.05, 0) is 36.5 Å². The number of benzene rings is 2. The van der Waals surface area contributed by atoms with Crippen molar-refractivity contribution in [2.75, 3.05) is 13.1 Å². The number of nitrogens with zero attached hydrogens (tertiary/aromatic N) is 2. The first kappa shape index (κ1) is 15.3. The van der Waals surface area contributed by atoms with Crippen LogP contribution in [0.4, 0.5) is 0 Å². The van der Waals surface area contributed by atoms with Crippen LogP contribution in [-0.4, -0.2) is 23.9 Å². The number of nitriles is 1. The largest absolute Gasteiger partial charge is 0.338 e. The third kappa shape index (κ3) is 3.12. The molecular weight excluding hydrogens is 284 g/mol. The number of piperidine rings is 1. The van der Waals surface area contributed by atoms with Gasteiger partial charge in [-0.15, -0.1) is 0 Å². The maximum absolute atomic E-state index is 13.0. The minimum atomic E-state index is 0.0693. The SMILES string of the molecule is CC1CCCN(C(=O)c2ccccc2-c2ccccc2C#N)C1. The zero-order valence-electron chi connectivity index (χ0n) is 13.3. The molecule has 0 spiro atoms. The predicted octanol–water partition coefficient (Wildman–Crippen LogP) is 4.10. The van der Waals surface area contributed by atoms with Gasteiger partial charge in [0.05, 0.1) is 11.6 Å². The summed E-state index contributed by atoms with van der Waals surface area (Å²) in [5.74, 6) is 0.617. The highest BCUT2D eigenvalue weighted by molar-refractivity contribution is 6.01. The molecule has 1 fully saturated rings. The standard InChI is InChI=1S/C20H20N2O/c1-15-7-6-12-22(14-15)20(23)19-11-5-4-10-18(19)17-9-3-2-8-16(17)13-21/h2-5,8-11,15H,6-7,12,14H2,1H3. The van der Waals surface area contributed by atoms with Crippen molar-refractivity contribution in [3.63, 3.8) is 0 Å². The molecule has 3 heteroatoms. The molecule has 1 aliphatic rings. The summed E-state index contributed by atoms with van der Waals surface area (Å²) >= 11 is 0. The second-order valence-corrected chi connectivity index (χ2v) is 6.20. The number of carbonyl (C=O) groups is 1. The molecule has 1 amide bonds. The van der Waals surface area contributed by atoms with Crippen LogP contribution in [0.1, 0.15) is 35.7 Å². The van der Waals surface area contributed by atoms with Gasteiger partial charge in [0.2, 0.25) is 0 Å². The molecule has 1 saturated heterocycles. The van der Waals surface area contributed by atoms with Gasteiger partial charge in [0.25, 0.3) is 5.91 Å². The van der Waals surface area contributed by atoms with Crippen molar-refractivity contribution in [3.05, 3.63) is 59.7 Å². The lowest BCUT2D eigenvalue weighted by molar-refractivity contribution is 0.0684. The molecule has 1 atom stereocenters. The van der Waals surface area contributed by atoms with Crippen molar-refractivity contribution in [2.24, 2.45) is 5.92 Å². The molecule has 116 valence electrons. The zero-order chi connectivity index (χ0) is 16.2. The maximum Gasteiger partial charge on any atom is 0.254 e. The van der Waals surface area contributed by atoms with Crippen LogP contribution in [-0.2, 0) is 0 Å². The zero-order valence-corrected chi connectivity index (χ0v) is 13.3. The summed E-state index contributed by atoms with van der Waals surface area (Å²) in [5.41, 5.74) is 2.95. The van der Waals surface area contributed by atoms with E-state index in [1.54, 1.807) is 6.07 Å². The quantitative estimate of drug-likeness (QED) is 0.838.